The van der Waals surface area contributed by atoms with Crippen molar-refractivity contribution in [3.05, 3.63) is 64.3 Å². The van der Waals surface area contributed by atoms with Gasteiger partial charge in [-0.05, 0) is 61.6 Å². The molecule has 1 N–H and O–H groups in total. The molecule has 0 fully saturated rings. The molecule has 5 heteroatoms. The molecule has 0 aliphatic heterocycles. The molecule has 0 bridgehead atoms. The highest BCUT2D eigenvalue weighted by atomic mass is 35.5. The molecule has 0 amide bonds. The van der Waals surface area contributed by atoms with Gasteiger partial charge in [0.15, 0.2) is 0 Å². The zero-order valence-corrected chi connectivity index (χ0v) is 13.6. The van der Waals surface area contributed by atoms with E-state index >= 15 is 0 Å². The number of aromatic nitrogens is 1. The highest BCUT2D eigenvalue weighted by Crippen LogP contribution is 2.36. The van der Waals surface area contributed by atoms with Gasteiger partial charge in [-0.25, -0.2) is 8.78 Å². The second-order valence-corrected chi connectivity index (χ2v) is 6.47. The van der Waals surface area contributed by atoms with Crippen LogP contribution in [0.3, 0.4) is 0 Å². The Morgan fingerprint density at radius 2 is 1.83 bits per heavy atom. The van der Waals surface area contributed by atoms with Crippen LogP contribution < -0.4 is 5.32 Å². The van der Waals surface area contributed by atoms with Crippen LogP contribution in [-0.2, 0) is 12.8 Å². The van der Waals surface area contributed by atoms with Crippen molar-refractivity contribution in [3.8, 4) is 0 Å². The third-order valence-electron chi connectivity index (χ3n) is 4.41. The molecule has 0 saturated heterocycles. The Balaban J connectivity index is 1.92. The normalized spacial score (nSPS) is 13.8. The Labute approximate surface area is 143 Å². The zero-order valence-electron chi connectivity index (χ0n) is 12.9. The van der Waals surface area contributed by atoms with Crippen LogP contribution in [0.5, 0.6) is 0 Å². The van der Waals surface area contributed by atoms with Crippen molar-refractivity contribution in [1.82, 2.24) is 4.98 Å². The summed E-state index contributed by atoms with van der Waals surface area (Å²) >= 11 is 6.15. The van der Waals surface area contributed by atoms with Gasteiger partial charge in [0.25, 0.3) is 0 Å². The van der Waals surface area contributed by atoms with Gasteiger partial charge in [-0.1, -0.05) is 11.6 Å². The molecular weight excluding hydrogens is 330 g/mol. The molecule has 24 heavy (non-hydrogen) atoms. The molecule has 3 aromatic rings. The van der Waals surface area contributed by atoms with Crippen LogP contribution in [0.4, 0.5) is 20.2 Å². The first-order valence-electron chi connectivity index (χ1n) is 7.95. The summed E-state index contributed by atoms with van der Waals surface area (Å²) in [7, 11) is 0. The highest BCUT2D eigenvalue weighted by Gasteiger charge is 2.19. The first-order valence-corrected chi connectivity index (χ1v) is 8.33. The van der Waals surface area contributed by atoms with E-state index in [1.54, 1.807) is 6.07 Å². The fraction of sp³-hybridized carbons (Fsp3) is 0.211. The number of anilines is 2. The summed E-state index contributed by atoms with van der Waals surface area (Å²) in [6.07, 6.45) is 3.97. The molecule has 0 unspecified atom stereocenters. The monoisotopic (exact) mass is 344 g/mol. The van der Waals surface area contributed by atoms with Gasteiger partial charge in [-0.2, -0.15) is 0 Å². The minimum Gasteiger partial charge on any atom is -0.352 e. The topological polar surface area (TPSA) is 24.9 Å². The fourth-order valence-electron chi connectivity index (χ4n) is 3.26. The molecule has 122 valence electrons. The number of aryl methyl sites for hydroxylation is 1. The standard InChI is InChI=1S/C19H15ClF2N2/c20-11-5-7-17-14(9-11)19(13-3-1-2-4-16(13)23-17)24-18-8-6-12(21)10-15(18)22/h5-10H,1-4H2,(H,23,24). The molecule has 0 atom stereocenters. The molecule has 0 radical (unpaired) electrons. The minimum atomic E-state index is -0.619. The van der Waals surface area contributed by atoms with Gasteiger partial charge in [-0.15, -0.1) is 0 Å². The molecule has 1 aliphatic carbocycles. The highest BCUT2D eigenvalue weighted by molar-refractivity contribution is 6.31. The summed E-state index contributed by atoms with van der Waals surface area (Å²) in [5.74, 6) is -1.21. The number of hydrogen-bond acceptors (Lipinski definition) is 2. The molecular formula is C19H15ClF2N2. The van der Waals surface area contributed by atoms with Crippen LogP contribution in [0.15, 0.2) is 36.4 Å². The van der Waals surface area contributed by atoms with Crippen molar-refractivity contribution in [2.24, 2.45) is 0 Å². The largest absolute Gasteiger partial charge is 0.352 e. The maximum absolute atomic E-state index is 14.1. The lowest BCUT2D eigenvalue weighted by Gasteiger charge is -2.22. The Bertz CT molecular complexity index is 940. The minimum absolute atomic E-state index is 0.247. The van der Waals surface area contributed by atoms with E-state index in [9.17, 15) is 8.78 Å². The van der Waals surface area contributed by atoms with Gasteiger partial charge in [0.1, 0.15) is 11.6 Å². The maximum Gasteiger partial charge on any atom is 0.149 e. The summed E-state index contributed by atoms with van der Waals surface area (Å²) < 4.78 is 27.3. The van der Waals surface area contributed by atoms with Crippen molar-refractivity contribution in [2.75, 3.05) is 5.32 Å². The van der Waals surface area contributed by atoms with Gasteiger partial charge in [-0.3, -0.25) is 4.98 Å². The molecule has 4 rings (SSSR count). The number of halogens is 3. The quantitative estimate of drug-likeness (QED) is 0.636. The van der Waals surface area contributed by atoms with Gasteiger partial charge < -0.3 is 5.32 Å². The lowest BCUT2D eigenvalue weighted by atomic mass is 9.92. The Kier molecular flexibility index (Phi) is 3.85. The van der Waals surface area contributed by atoms with Crippen LogP contribution in [0.25, 0.3) is 10.9 Å². The smallest absolute Gasteiger partial charge is 0.149 e. The number of rotatable bonds is 2. The van der Waals surface area contributed by atoms with E-state index in [0.29, 0.717) is 5.02 Å². The summed E-state index contributed by atoms with van der Waals surface area (Å²) in [6, 6.07) is 9.05. The maximum atomic E-state index is 14.1. The van der Waals surface area contributed by atoms with Gasteiger partial charge in [0.05, 0.1) is 16.9 Å². The van der Waals surface area contributed by atoms with Crippen LogP contribution in [0.1, 0.15) is 24.1 Å². The summed E-state index contributed by atoms with van der Waals surface area (Å²) in [4.78, 5) is 4.74. The van der Waals surface area contributed by atoms with Crippen LogP contribution >= 0.6 is 11.6 Å². The van der Waals surface area contributed by atoms with E-state index in [4.69, 9.17) is 16.6 Å². The molecule has 0 spiro atoms. The van der Waals surface area contributed by atoms with Crippen molar-refractivity contribution in [2.45, 2.75) is 25.7 Å². The third-order valence-corrected chi connectivity index (χ3v) is 4.65. The average Bonchev–Trinajstić information content (AvgIpc) is 2.57. The van der Waals surface area contributed by atoms with Gasteiger partial charge in [0, 0.05) is 22.2 Å². The van der Waals surface area contributed by atoms with E-state index < -0.39 is 11.6 Å². The number of pyridine rings is 1. The van der Waals surface area contributed by atoms with Crippen molar-refractivity contribution >= 4 is 33.9 Å². The zero-order chi connectivity index (χ0) is 16.7. The van der Waals surface area contributed by atoms with Crippen molar-refractivity contribution in [1.29, 1.82) is 0 Å². The lowest BCUT2D eigenvalue weighted by molar-refractivity contribution is 0.586. The lowest BCUT2D eigenvalue weighted by Crippen LogP contribution is -2.10. The summed E-state index contributed by atoms with van der Waals surface area (Å²) in [5, 5.41) is 4.61. The fourth-order valence-corrected chi connectivity index (χ4v) is 3.44. The number of hydrogen-bond donors (Lipinski definition) is 1. The molecule has 1 heterocycles. The molecule has 2 nitrogen and oxygen atoms in total. The summed E-state index contributed by atoms with van der Waals surface area (Å²) in [6.45, 7) is 0. The number of fused-ring (bicyclic) bond motifs is 2. The molecule has 1 aliphatic rings. The second kappa shape index (κ2) is 6.02. The summed E-state index contributed by atoms with van der Waals surface area (Å²) in [5.41, 5.74) is 4.03. The van der Waals surface area contributed by atoms with Gasteiger partial charge >= 0.3 is 0 Å². The Hall–Kier alpha value is -2.20. The van der Waals surface area contributed by atoms with E-state index in [2.05, 4.69) is 5.32 Å². The Morgan fingerprint density at radius 1 is 1.00 bits per heavy atom. The van der Waals surface area contributed by atoms with Crippen LogP contribution in [0.2, 0.25) is 5.02 Å². The average molecular weight is 345 g/mol. The SMILES string of the molecule is Fc1ccc(Nc2c3c(nc4ccc(Cl)cc24)CCCC3)c(F)c1. The third kappa shape index (κ3) is 2.71. The predicted molar refractivity (Wildman–Crippen MR) is 93.0 cm³/mol. The van der Waals surface area contributed by atoms with E-state index in [0.717, 1.165) is 59.6 Å². The van der Waals surface area contributed by atoms with Crippen molar-refractivity contribution in [3.63, 3.8) is 0 Å². The molecule has 1 aromatic heterocycles. The van der Waals surface area contributed by atoms with E-state index in [-0.39, 0.29) is 5.69 Å². The molecule has 2 aromatic carbocycles. The van der Waals surface area contributed by atoms with Crippen LogP contribution in [0, 0.1) is 11.6 Å². The Morgan fingerprint density at radius 3 is 2.67 bits per heavy atom. The molecule has 0 saturated carbocycles. The second-order valence-electron chi connectivity index (χ2n) is 6.03. The van der Waals surface area contributed by atoms with Crippen molar-refractivity contribution < 1.29 is 8.78 Å². The van der Waals surface area contributed by atoms with E-state index in [1.807, 2.05) is 12.1 Å². The van der Waals surface area contributed by atoms with Gasteiger partial charge in [0.2, 0.25) is 0 Å². The number of benzene rings is 2. The number of nitrogens with one attached hydrogen (secondary N) is 1. The first-order chi connectivity index (χ1) is 11.6. The number of nitrogens with zero attached hydrogens (tertiary/aromatic N) is 1. The van der Waals surface area contributed by atoms with E-state index in [1.165, 1.54) is 12.1 Å². The predicted octanol–water partition coefficient (Wildman–Crippen LogP) is 5.79. The van der Waals surface area contributed by atoms with Crippen LogP contribution in [-0.4, -0.2) is 4.98 Å². The first kappa shape index (κ1) is 15.3.